The van der Waals surface area contributed by atoms with E-state index in [4.69, 9.17) is 4.74 Å². The number of rotatable bonds is 6. The van der Waals surface area contributed by atoms with Crippen LogP contribution in [0.1, 0.15) is 44.3 Å². The Kier molecular flexibility index (Phi) is 5.69. The number of nitrogens with one attached hydrogen (secondary N) is 1. The third kappa shape index (κ3) is 3.70. The van der Waals surface area contributed by atoms with Crippen LogP contribution in [-0.4, -0.2) is 30.3 Å². The highest BCUT2D eigenvalue weighted by molar-refractivity contribution is 5.83. The zero-order valence-corrected chi connectivity index (χ0v) is 14.7. The van der Waals surface area contributed by atoms with Crippen LogP contribution < -0.4 is 10.1 Å². The number of aliphatic hydroxyl groups is 1. The Labute approximate surface area is 144 Å². The van der Waals surface area contributed by atoms with Crippen molar-refractivity contribution in [2.24, 2.45) is 11.8 Å². The van der Waals surface area contributed by atoms with E-state index in [0.29, 0.717) is 5.92 Å². The average Bonchev–Trinajstić information content (AvgIpc) is 2.65. The lowest BCUT2D eigenvalue weighted by Crippen LogP contribution is -2.36. The summed E-state index contributed by atoms with van der Waals surface area (Å²) in [6.45, 7) is 4.49. The fourth-order valence-corrected chi connectivity index (χ4v) is 3.93. The molecule has 2 aromatic rings. The van der Waals surface area contributed by atoms with Gasteiger partial charge in [0.1, 0.15) is 5.75 Å². The fraction of sp³-hybridized carbons (Fsp3) is 0.550. The van der Waals surface area contributed by atoms with Gasteiger partial charge in [0.15, 0.2) is 0 Å². The van der Waals surface area contributed by atoms with Gasteiger partial charge in [-0.1, -0.05) is 13.3 Å². The molecule has 1 saturated heterocycles. The zero-order valence-electron chi connectivity index (χ0n) is 14.7. The molecule has 0 saturated carbocycles. The number of methoxy groups -OCH3 is 1. The molecule has 0 radical (unpaired) electrons. The quantitative estimate of drug-likeness (QED) is 0.849. The fourth-order valence-electron chi connectivity index (χ4n) is 3.93. The minimum atomic E-state index is -0.449. The molecule has 1 aliphatic rings. The number of pyridine rings is 1. The minimum Gasteiger partial charge on any atom is -0.497 e. The highest BCUT2D eigenvalue weighted by atomic mass is 16.5. The molecule has 1 unspecified atom stereocenters. The summed E-state index contributed by atoms with van der Waals surface area (Å²) in [5.74, 6) is 2.25. The molecular formula is C20H28N2O2. The van der Waals surface area contributed by atoms with Gasteiger partial charge in [0.05, 0.1) is 18.7 Å². The van der Waals surface area contributed by atoms with Crippen molar-refractivity contribution in [2.45, 2.75) is 38.7 Å². The second-order valence-electron chi connectivity index (χ2n) is 6.80. The molecule has 24 heavy (non-hydrogen) atoms. The Morgan fingerprint density at radius 2 is 2.21 bits per heavy atom. The van der Waals surface area contributed by atoms with E-state index in [-0.39, 0.29) is 0 Å². The number of hydrogen-bond donors (Lipinski definition) is 2. The van der Waals surface area contributed by atoms with E-state index in [1.165, 1.54) is 12.8 Å². The third-order valence-corrected chi connectivity index (χ3v) is 5.44. The molecule has 2 N–H and O–H groups in total. The van der Waals surface area contributed by atoms with Crippen molar-refractivity contribution in [3.8, 4) is 5.75 Å². The minimum absolute atomic E-state index is 0.449. The van der Waals surface area contributed by atoms with E-state index in [1.807, 2.05) is 24.3 Å². The maximum absolute atomic E-state index is 10.8. The number of nitrogens with zero attached hydrogens (tertiary/aromatic N) is 1. The summed E-state index contributed by atoms with van der Waals surface area (Å²) in [7, 11) is 1.66. The molecule has 4 nitrogen and oxygen atoms in total. The van der Waals surface area contributed by atoms with Crippen LogP contribution in [0.2, 0.25) is 0 Å². The van der Waals surface area contributed by atoms with Crippen molar-refractivity contribution in [3.63, 3.8) is 0 Å². The van der Waals surface area contributed by atoms with Crippen molar-refractivity contribution in [1.82, 2.24) is 10.3 Å². The summed E-state index contributed by atoms with van der Waals surface area (Å²) in [6, 6.07) is 7.77. The van der Waals surface area contributed by atoms with E-state index in [0.717, 1.165) is 54.1 Å². The standard InChI is InChI=1S/C20H28N2O2/c1-3-14-13-21-10-8-15(14)4-7-20(23)17-9-11-22-19-6-5-16(24-2)12-18(17)19/h5-6,9,11-12,14-15,20-21,23H,3-4,7-8,10,13H2,1-2H3/t14-,15?,20-/m0/s1. The first-order chi connectivity index (χ1) is 11.7. The molecule has 1 fully saturated rings. The molecule has 0 aliphatic carbocycles. The molecule has 4 heteroatoms. The van der Waals surface area contributed by atoms with Gasteiger partial charge in [-0.15, -0.1) is 0 Å². The summed E-state index contributed by atoms with van der Waals surface area (Å²) in [4.78, 5) is 4.40. The summed E-state index contributed by atoms with van der Waals surface area (Å²) in [5, 5.41) is 15.3. The van der Waals surface area contributed by atoms with Crippen LogP contribution in [0.5, 0.6) is 5.75 Å². The number of piperidine rings is 1. The molecule has 0 spiro atoms. The molecule has 1 aromatic heterocycles. The van der Waals surface area contributed by atoms with Crippen molar-refractivity contribution in [2.75, 3.05) is 20.2 Å². The van der Waals surface area contributed by atoms with Gasteiger partial charge in [-0.25, -0.2) is 0 Å². The van der Waals surface area contributed by atoms with Gasteiger partial charge in [-0.05, 0) is 74.0 Å². The van der Waals surface area contributed by atoms with Gasteiger partial charge in [0, 0.05) is 11.6 Å². The molecule has 0 bridgehead atoms. The number of benzene rings is 1. The molecular weight excluding hydrogens is 300 g/mol. The number of aliphatic hydroxyl groups excluding tert-OH is 1. The molecule has 1 aromatic carbocycles. The lowest BCUT2D eigenvalue weighted by atomic mass is 9.80. The second-order valence-corrected chi connectivity index (χ2v) is 6.80. The van der Waals surface area contributed by atoms with E-state index in [9.17, 15) is 5.11 Å². The summed E-state index contributed by atoms with van der Waals surface area (Å²) < 4.78 is 5.32. The topological polar surface area (TPSA) is 54.4 Å². The van der Waals surface area contributed by atoms with Gasteiger partial charge >= 0.3 is 0 Å². The SMILES string of the molecule is CC[C@H]1CNCCC1CC[C@H](O)c1ccnc2ccc(OC)cc12. The van der Waals surface area contributed by atoms with E-state index in [1.54, 1.807) is 13.3 Å². The Hall–Kier alpha value is -1.65. The van der Waals surface area contributed by atoms with Gasteiger partial charge in [-0.2, -0.15) is 0 Å². The van der Waals surface area contributed by atoms with Crippen LogP contribution in [0.4, 0.5) is 0 Å². The second kappa shape index (κ2) is 7.95. The Bertz CT molecular complexity index is 674. The smallest absolute Gasteiger partial charge is 0.119 e. The third-order valence-electron chi connectivity index (χ3n) is 5.44. The predicted octanol–water partition coefficient (Wildman–Crippen LogP) is 3.69. The molecule has 3 rings (SSSR count). The van der Waals surface area contributed by atoms with E-state index >= 15 is 0 Å². The first kappa shape index (κ1) is 17.2. The number of fused-ring (bicyclic) bond motifs is 1. The zero-order chi connectivity index (χ0) is 16.9. The van der Waals surface area contributed by atoms with Crippen LogP contribution in [0.15, 0.2) is 30.5 Å². The number of hydrogen-bond acceptors (Lipinski definition) is 4. The van der Waals surface area contributed by atoms with Crippen LogP contribution in [0.25, 0.3) is 10.9 Å². The Morgan fingerprint density at radius 3 is 3.00 bits per heavy atom. The summed E-state index contributed by atoms with van der Waals surface area (Å²) in [5.41, 5.74) is 1.86. The van der Waals surface area contributed by atoms with Gasteiger partial charge in [0.25, 0.3) is 0 Å². The largest absolute Gasteiger partial charge is 0.497 e. The first-order valence-electron chi connectivity index (χ1n) is 9.04. The van der Waals surface area contributed by atoms with Crippen LogP contribution in [-0.2, 0) is 0 Å². The highest BCUT2D eigenvalue weighted by Crippen LogP contribution is 2.33. The first-order valence-corrected chi connectivity index (χ1v) is 9.04. The Morgan fingerprint density at radius 1 is 1.33 bits per heavy atom. The van der Waals surface area contributed by atoms with Crippen LogP contribution >= 0.6 is 0 Å². The number of ether oxygens (including phenoxy) is 1. The molecule has 2 heterocycles. The maximum Gasteiger partial charge on any atom is 0.119 e. The molecule has 1 aliphatic heterocycles. The van der Waals surface area contributed by atoms with Crippen molar-refractivity contribution < 1.29 is 9.84 Å². The highest BCUT2D eigenvalue weighted by Gasteiger charge is 2.24. The van der Waals surface area contributed by atoms with Crippen LogP contribution in [0, 0.1) is 11.8 Å². The van der Waals surface area contributed by atoms with Crippen molar-refractivity contribution >= 4 is 10.9 Å². The lowest BCUT2D eigenvalue weighted by Gasteiger charge is -2.32. The molecule has 3 atom stereocenters. The summed E-state index contributed by atoms with van der Waals surface area (Å²) in [6.07, 6.45) is 5.65. The maximum atomic E-state index is 10.8. The number of aromatic nitrogens is 1. The van der Waals surface area contributed by atoms with Gasteiger partial charge in [0.2, 0.25) is 0 Å². The van der Waals surface area contributed by atoms with Gasteiger partial charge < -0.3 is 15.2 Å². The monoisotopic (exact) mass is 328 g/mol. The summed E-state index contributed by atoms with van der Waals surface area (Å²) >= 11 is 0. The van der Waals surface area contributed by atoms with E-state index in [2.05, 4.69) is 17.2 Å². The normalized spacial score (nSPS) is 22.5. The molecule has 0 amide bonds. The predicted molar refractivity (Wildman–Crippen MR) is 97.2 cm³/mol. The Balaban J connectivity index is 1.74. The van der Waals surface area contributed by atoms with E-state index < -0.39 is 6.10 Å². The van der Waals surface area contributed by atoms with Gasteiger partial charge in [-0.3, -0.25) is 4.98 Å². The lowest BCUT2D eigenvalue weighted by molar-refractivity contribution is 0.139. The van der Waals surface area contributed by atoms with Crippen molar-refractivity contribution in [1.29, 1.82) is 0 Å². The molecule has 130 valence electrons. The van der Waals surface area contributed by atoms with Crippen molar-refractivity contribution in [3.05, 3.63) is 36.0 Å². The average molecular weight is 328 g/mol. The van der Waals surface area contributed by atoms with Crippen LogP contribution in [0.3, 0.4) is 0 Å².